The van der Waals surface area contributed by atoms with Crippen LogP contribution in [0.1, 0.15) is 55.9 Å². The molecule has 6 rings (SSSR count). The average Bonchev–Trinajstić information content (AvgIpc) is 3.48. The summed E-state index contributed by atoms with van der Waals surface area (Å²) in [6.07, 6.45) is 4.12. The molecule has 2 fully saturated rings. The third-order valence-corrected chi connectivity index (χ3v) is 8.36. The summed E-state index contributed by atoms with van der Waals surface area (Å²) in [5.41, 5.74) is 2.48. The summed E-state index contributed by atoms with van der Waals surface area (Å²) in [5, 5.41) is 20.8. The van der Waals surface area contributed by atoms with Crippen LogP contribution in [-0.2, 0) is 27.2 Å². The van der Waals surface area contributed by atoms with E-state index in [1.807, 2.05) is 24.3 Å². The zero-order chi connectivity index (χ0) is 26.0. The SMILES string of the molecule is CCC1CC(C)C2C(=O)N(c3cccc4ccc(Cc5oc6c(c5O)CCC(C(=O)O)=C6)nc34)C(=O)C12. The number of imide groups is 1. The molecular weight excluding hydrogens is 472 g/mol. The van der Waals surface area contributed by atoms with Crippen LogP contribution in [0.3, 0.4) is 0 Å². The number of carbonyl (C=O) groups excluding carboxylic acids is 2. The Balaban J connectivity index is 1.36. The number of nitrogens with zero attached hydrogens (tertiary/aromatic N) is 2. The number of aliphatic carboxylic acids is 1. The first kappa shape index (κ1) is 23.5. The molecule has 8 nitrogen and oxygen atoms in total. The van der Waals surface area contributed by atoms with Crippen LogP contribution in [0.15, 0.2) is 40.3 Å². The monoisotopic (exact) mass is 500 g/mol. The van der Waals surface area contributed by atoms with E-state index in [0.29, 0.717) is 46.8 Å². The summed E-state index contributed by atoms with van der Waals surface area (Å²) >= 11 is 0. The van der Waals surface area contributed by atoms with Gasteiger partial charge in [-0.2, -0.15) is 0 Å². The van der Waals surface area contributed by atoms with Crippen molar-refractivity contribution in [2.24, 2.45) is 23.7 Å². The van der Waals surface area contributed by atoms with E-state index < -0.39 is 5.97 Å². The van der Waals surface area contributed by atoms with Crippen LogP contribution in [0.5, 0.6) is 5.75 Å². The number of para-hydroxylation sites is 1. The van der Waals surface area contributed by atoms with Crippen molar-refractivity contribution < 1.29 is 29.0 Å². The van der Waals surface area contributed by atoms with Crippen LogP contribution in [0.4, 0.5) is 5.69 Å². The van der Waals surface area contributed by atoms with Gasteiger partial charge in [0.15, 0.2) is 11.5 Å². The Morgan fingerprint density at radius 3 is 2.68 bits per heavy atom. The Bertz CT molecular complexity index is 1500. The second-order valence-electron chi connectivity index (χ2n) is 10.5. The van der Waals surface area contributed by atoms with Gasteiger partial charge in [-0.15, -0.1) is 0 Å². The predicted molar refractivity (Wildman–Crippen MR) is 136 cm³/mol. The maximum Gasteiger partial charge on any atom is 0.331 e. The number of pyridine rings is 1. The van der Waals surface area contributed by atoms with Crippen molar-refractivity contribution in [1.82, 2.24) is 4.98 Å². The van der Waals surface area contributed by atoms with E-state index in [9.17, 15) is 24.6 Å². The zero-order valence-corrected chi connectivity index (χ0v) is 20.7. The highest BCUT2D eigenvalue weighted by molar-refractivity contribution is 6.25. The molecular formula is C29H28N2O6. The second-order valence-corrected chi connectivity index (χ2v) is 10.5. The Hall–Kier alpha value is -3.94. The molecule has 0 radical (unpaired) electrons. The van der Waals surface area contributed by atoms with Crippen molar-refractivity contribution >= 4 is 40.4 Å². The molecule has 2 aliphatic carbocycles. The van der Waals surface area contributed by atoms with E-state index in [1.54, 1.807) is 6.07 Å². The Labute approximate surface area is 213 Å². The van der Waals surface area contributed by atoms with Gasteiger partial charge in [-0.3, -0.25) is 14.6 Å². The van der Waals surface area contributed by atoms with E-state index in [2.05, 4.69) is 13.8 Å². The number of benzene rings is 1. The molecule has 2 amide bonds. The fraction of sp³-hybridized carbons (Fsp3) is 0.379. The highest BCUT2D eigenvalue weighted by atomic mass is 16.4. The molecule has 2 aromatic heterocycles. The third-order valence-electron chi connectivity index (χ3n) is 8.36. The lowest BCUT2D eigenvalue weighted by Crippen LogP contribution is -2.33. The maximum absolute atomic E-state index is 13.5. The number of hydrogen-bond donors (Lipinski definition) is 2. The Kier molecular flexibility index (Phi) is 5.44. The first-order valence-electron chi connectivity index (χ1n) is 12.8. The lowest BCUT2D eigenvalue weighted by atomic mass is 9.89. The van der Waals surface area contributed by atoms with Gasteiger partial charge in [0, 0.05) is 22.2 Å². The van der Waals surface area contributed by atoms with Gasteiger partial charge in [-0.1, -0.05) is 38.5 Å². The smallest absolute Gasteiger partial charge is 0.331 e. The van der Waals surface area contributed by atoms with Gasteiger partial charge in [-0.05, 0) is 49.3 Å². The van der Waals surface area contributed by atoms with Gasteiger partial charge in [0.05, 0.1) is 29.5 Å². The first-order chi connectivity index (χ1) is 17.8. The molecule has 2 N–H and O–H groups in total. The van der Waals surface area contributed by atoms with Crippen LogP contribution in [-0.4, -0.2) is 33.0 Å². The molecule has 4 unspecified atom stereocenters. The molecule has 3 aromatic rings. The average molecular weight is 501 g/mol. The van der Waals surface area contributed by atoms with Crippen molar-refractivity contribution in [2.45, 2.75) is 46.0 Å². The summed E-state index contributed by atoms with van der Waals surface area (Å²) in [7, 11) is 0. The zero-order valence-electron chi connectivity index (χ0n) is 20.7. The van der Waals surface area contributed by atoms with Crippen LogP contribution in [0.25, 0.3) is 17.0 Å². The van der Waals surface area contributed by atoms with Gasteiger partial charge >= 0.3 is 5.97 Å². The van der Waals surface area contributed by atoms with Crippen LogP contribution in [0.2, 0.25) is 0 Å². The summed E-state index contributed by atoms with van der Waals surface area (Å²) in [6.45, 7) is 4.14. The van der Waals surface area contributed by atoms with E-state index in [-0.39, 0.29) is 53.2 Å². The van der Waals surface area contributed by atoms with Crippen LogP contribution < -0.4 is 4.90 Å². The molecule has 1 aliphatic heterocycles. The summed E-state index contributed by atoms with van der Waals surface area (Å²) in [6, 6.07) is 9.19. The molecule has 1 saturated carbocycles. The predicted octanol–water partition coefficient (Wildman–Crippen LogP) is 4.71. The number of carboxylic acids is 1. The first-order valence-corrected chi connectivity index (χ1v) is 12.8. The van der Waals surface area contributed by atoms with E-state index >= 15 is 0 Å². The van der Waals surface area contributed by atoms with Gasteiger partial charge in [-0.25, -0.2) is 9.69 Å². The lowest BCUT2D eigenvalue weighted by Gasteiger charge is -2.20. The van der Waals surface area contributed by atoms with Crippen molar-refractivity contribution in [3.8, 4) is 5.75 Å². The molecule has 3 aliphatic rings. The molecule has 1 aromatic carbocycles. The molecule has 190 valence electrons. The molecule has 37 heavy (non-hydrogen) atoms. The molecule has 0 bridgehead atoms. The third kappa shape index (κ3) is 3.57. The Morgan fingerprint density at radius 2 is 1.92 bits per heavy atom. The van der Waals surface area contributed by atoms with Crippen molar-refractivity contribution in [1.29, 1.82) is 0 Å². The molecule has 3 heterocycles. The van der Waals surface area contributed by atoms with Crippen molar-refractivity contribution in [2.75, 3.05) is 4.90 Å². The van der Waals surface area contributed by atoms with Gasteiger partial charge in [0.2, 0.25) is 11.8 Å². The van der Waals surface area contributed by atoms with Crippen molar-refractivity contribution in [3.63, 3.8) is 0 Å². The maximum atomic E-state index is 13.5. The molecule has 0 spiro atoms. The number of carboxylic acid groups (broad SMARTS) is 1. The highest BCUT2D eigenvalue weighted by Gasteiger charge is 2.57. The molecule has 8 heteroatoms. The number of aromatic nitrogens is 1. The van der Waals surface area contributed by atoms with Gasteiger partial charge in [0.1, 0.15) is 5.76 Å². The highest BCUT2D eigenvalue weighted by Crippen LogP contribution is 2.50. The minimum atomic E-state index is -0.999. The summed E-state index contributed by atoms with van der Waals surface area (Å²) in [4.78, 5) is 44.5. The van der Waals surface area contributed by atoms with E-state index in [0.717, 1.165) is 18.2 Å². The van der Waals surface area contributed by atoms with E-state index in [4.69, 9.17) is 9.40 Å². The number of anilines is 1. The number of rotatable bonds is 5. The fourth-order valence-electron chi connectivity index (χ4n) is 6.51. The van der Waals surface area contributed by atoms with Crippen molar-refractivity contribution in [3.05, 3.63) is 58.7 Å². The molecule has 1 saturated heterocycles. The molecule has 4 atom stereocenters. The fourth-order valence-corrected chi connectivity index (χ4v) is 6.51. The largest absolute Gasteiger partial charge is 0.504 e. The summed E-state index contributed by atoms with van der Waals surface area (Å²) in [5.74, 6) is -0.783. The quantitative estimate of drug-likeness (QED) is 0.487. The number of amides is 2. The Morgan fingerprint density at radius 1 is 1.14 bits per heavy atom. The number of furan rings is 1. The topological polar surface area (TPSA) is 121 Å². The van der Waals surface area contributed by atoms with Crippen LogP contribution >= 0.6 is 0 Å². The second kappa shape index (κ2) is 8.57. The summed E-state index contributed by atoms with van der Waals surface area (Å²) < 4.78 is 5.84. The number of fused-ring (bicyclic) bond motifs is 3. The minimum absolute atomic E-state index is 0.0168. The normalized spacial score (nSPS) is 24.9. The van der Waals surface area contributed by atoms with Crippen LogP contribution in [0, 0.1) is 23.7 Å². The minimum Gasteiger partial charge on any atom is -0.504 e. The van der Waals surface area contributed by atoms with E-state index in [1.165, 1.54) is 11.0 Å². The number of hydrogen-bond acceptors (Lipinski definition) is 6. The lowest BCUT2D eigenvalue weighted by molar-refractivity contribution is -0.132. The van der Waals surface area contributed by atoms with Gasteiger partial charge in [0.25, 0.3) is 0 Å². The number of aromatic hydroxyl groups is 1. The standard InChI is InChI=1S/C29H28N2O6/c1-3-15-11-14(2)23-24(15)28(34)31(27(23)33)20-6-4-5-16-7-9-18(30-25(16)20)13-22-26(32)19-10-8-17(29(35)36)12-21(19)37-22/h4-7,9,12,14-15,23-24,32H,3,8,10-11,13H2,1-2H3,(H,35,36). The number of carbonyl (C=O) groups is 3. The van der Waals surface area contributed by atoms with Gasteiger partial charge < -0.3 is 14.6 Å².